The van der Waals surface area contributed by atoms with Gasteiger partial charge in [-0.1, -0.05) is 63.2 Å². The Bertz CT molecular complexity index is 1300. The van der Waals surface area contributed by atoms with Crippen LogP contribution in [0.25, 0.3) is 5.57 Å². The molecule has 4 rings (SSSR count). The number of rotatable bonds is 5. The molecular weight excluding hydrogens is 440 g/mol. The Hall–Kier alpha value is -3.31. The number of carboxylic acids is 1. The zero-order valence-electron chi connectivity index (χ0n) is 20.4. The average molecular weight is 470 g/mol. The first-order chi connectivity index (χ1) is 16.1. The highest BCUT2D eigenvalue weighted by molar-refractivity contribution is 6.07. The van der Waals surface area contributed by atoms with E-state index < -0.39 is 11.9 Å². The van der Waals surface area contributed by atoms with Gasteiger partial charge >= 0.3 is 16.5 Å². The molecule has 0 saturated heterocycles. The number of aliphatic carboxylic acids is 1. The number of hydrogen-bond acceptors (Lipinski definition) is 3. The van der Waals surface area contributed by atoms with Crippen molar-refractivity contribution in [2.45, 2.75) is 46.0 Å². The van der Waals surface area contributed by atoms with E-state index in [1.165, 1.54) is 5.56 Å². The van der Waals surface area contributed by atoms with Crippen molar-refractivity contribution in [2.24, 2.45) is 0 Å². The first kappa shape index (κ1) is 23.8. The second-order valence-electron chi connectivity index (χ2n) is 9.81. The van der Waals surface area contributed by atoms with Gasteiger partial charge in [0.15, 0.2) is 0 Å². The number of aryl methyl sites for hydroxylation is 1. The van der Waals surface area contributed by atoms with Crippen molar-refractivity contribution in [1.29, 1.82) is 0 Å². The molecule has 3 aromatic rings. The van der Waals surface area contributed by atoms with E-state index in [1.54, 1.807) is 7.11 Å². The summed E-state index contributed by atoms with van der Waals surface area (Å²) >= 11 is 0. The molecule has 0 aromatic heterocycles. The molecule has 34 heavy (non-hydrogen) atoms. The van der Waals surface area contributed by atoms with Crippen molar-refractivity contribution in [3.8, 4) is 11.5 Å². The van der Waals surface area contributed by atoms with Gasteiger partial charge in [0.2, 0.25) is 0 Å². The normalized spacial score (nSPS) is 15.3. The van der Waals surface area contributed by atoms with Crippen LogP contribution < -0.4 is 9.16 Å². The molecule has 1 aliphatic carbocycles. The van der Waals surface area contributed by atoms with Gasteiger partial charge in [0.25, 0.3) is 0 Å². The van der Waals surface area contributed by atoms with Crippen molar-refractivity contribution in [2.75, 3.05) is 7.11 Å². The van der Waals surface area contributed by atoms with Gasteiger partial charge < -0.3 is 14.3 Å². The minimum atomic E-state index is -0.942. The summed E-state index contributed by atoms with van der Waals surface area (Å²) in [5.74, 6) is -0.0183. The molecule has 1 N–H and O–H groups in total. The van der Waals surface area contributed by atoms with Crippen LogP contribution in [-0.2, 0) is 10.2 Å². The monoisotopic (exact) mass is 469 g/mol. The van der Waals surface area contributed by atoms with Crippen molar-refractivity contribution >= 4 is 22.0 Å². The van der Waals surface area contributed by atoms with E-state index in [4.69, 9.17) is 9.16 Å². The molecule has 1 atom stereocenters. The number of carbonyl (C=O) groups is 1. The summed E-state index contributed by atoms with van der Waals surface area (Å²) in [6.45, 7) is 10.7. The van der Waals surface area contributed by atoms with Gasteiger partial charge in [0.05, 0.1) is 12.7 Å². The van der Waals surface area contributed by atoms with Gasteiger partial charge in [-0.25, -0.2) is 4.79 Å². The van der Waals surface area contributed by atoms with Crippen LogP contribution in [0.1, 0.15) is 65.6 Å². The van der Waals surface area contributed by atoms with E-state index in [0.29, 0.717) is 11.3 Å². The summed E-state index contributed by atoms with van der Waals surface area (Å²) in [6.07, 6.45) is 0. The number of ether oxygens (including phenoxy) is 1. The van der Waals surface area contributed by atoms with Crippen LogP contribution in [0.15, 0.2) is 60.2 Å². The fourth-order valence-electron chi connectivity index (χ4n) is 5.54. The predicted octanol–water partition coefficient (Wildman–Crippen LogP) is 6.10. The van der Waals surface area contributed by atoms with E-state index in [9.17, 15) is 9.90 Å². The summed E-state index contributed by atoms with van der Waals surface area (Å²) in [7, 11) is 4.90. The molecule has 0 amide bonds. The molecule has 5 heteroatoms. The van der Waals surface area contributed by atoms with Crippen LogP contribution in [0.5, 0.6) is 11.5 Å². The molecule has 0 aliphatic heterocycles. The van der Waals surface area contributed by atoms with E-state index in [1.807, 2.05) is 55.5 Å². The highest BCUT2D eigenvalue weighted by atomic mass is 28.2. The standard InChI is InChI=1S/C29H29O4Si/c1-16-15-22(27(33-34)17(2)26(16)29(3,4)5)24-21-10-8-7-9-20(21)23(25(24)28(30)31)18-11-13-19(32-6)14-12-18/h7-15,24H,1-6H3,(H,30,31). The number of fused-ring (bicyclic) bond motifs is 1. The maximum absolute atomic E-state index is 12.8. The molecule has 1 aliphatic rings. The van der Waals surface area contributed by atoms with Crippen molar-refractivity contribution in [3.05, 3.63) is 99.1 Å². The average Bonchev–Trinajstić information content (AvgIpc) is 3.13. The number of methoxy groups -OCH3 is 1. The van der Waals surface area contributed by atoms with Gasteiger partial charge in [-0.15, -0.1) is 0 Å². The predicted molar refractivity (Wildman–Crippen MR) is 136 cm³/mol. The summed E-state index contributed by atoms with van der Waals surface area (Å²) < 4.78 is 11.1. The first-order valence-corrected chi connectivity index (χ1v) is 11.7. The molecule has 3 aromatic carbocycles. The Balaban J connectivity index is 2.05. The van der Waals surface area contributed by atoms with Crippen molar-refractivity contribution < 1.29 is 19.1 Å². The highest BCUT2D eigenvalue weighted by Gasteiger charge is 2.39. The Morgan fingerprint density at radius 2 is 1.65 bits per heavy atom. The molecule has 0 heterocycles. The molecular formula is C29H29O4Si. The molecule has 173 valence electrons. The molecule has 4 nitrogen and oxygen atoms in total. The summed E-state index contributed by atoms with van der Waals surface area (Å²) in [5.41, 5.74) is 7.88. The number of hydrogen-bond donors (Lipinski definition) is 1. The minimum absolute atomic E-state index is 0.0838. The third-order valence-corrected chi connectivity index (χ3v) is 6.82. The summed E-state index contributed by atoms with van der Waals surface area (Å²) in [5, 5.41) is 10.5. The lowest BCUT2D eigenvalue weighted by molar-refractivity contribution is -0.132. The van der Waals surface area contributed by atoms with Gasteiger partial charge in [-0.3, -0.25) is 0 Å². The third kappa shape index (κ3) is 3.84. The van der Waals surface area contributed by atoms with Crippen LogP contribution in [-0.4, -0.2) is 28.7 Å². The Morgan fingerprint density at radius 1 is 1.00 bits per heavy atom. The van der Waals surface area contributed by atoms with Gasteiger partial charge in [-0.2, -0.15) is 0 Å². The van der Waals surface area contributed by atoms with Crippen molar-refractivity contribution in [1.82, 2.24) is 0 Å². The van der Waals surface area contributed by atoms with E-state index >= 15 is 0 Å². The van der Waals surface area contributed by atoms with Crippen LogP contribution in [0.2, 0.25) is 0 Å². The van der Waals surface area contributed by atoms with Crippen LogP contribution >= 0.6 is 0 Å². The topological polar surface area (TPSA) is 55.8 Å². The molecule has 0 fully saturated rings. The quantitative estimate of drug-likeness (QED) is 0.459. The number of carboxylic acid groups (broad SMARTS) is 1. The SMILES string of the molecule is COc1ccc(C2=C(C(=O)O)C(c3cc(C)c(C(C)(C)C)c(C)c3O[Si])c3ccccc32)cc1. The second kappa shape index (κ2) is 8.80. The lowest BCUT2D eigenvalue weighted by Gasteiger charge is -2.29. The van der Waals surface area contributed by atoms with Crippen LogP contribution in [0.3, 0.4) is 0 Å². The van der Waals surface area contributed by atoms with Gasteiger partial charge in [0, 0.05) is 17.1 Å². The van der Waals surface area contributed by atoms with E-state index in [-0.39, 0.29) is 5.41 Å². The molecule has 0 bridgehead atoms. The second-order valence-corrected chi connectivity index (χ2v) is 10.0. The molecule has 0 saturated carbocycles. The van der Waals surface area contributed by atoms with E-state index in [0.717, 1.165) is 44.7 Å². The largest absolute Gasteiger partial charge is 0.540 e. The number of benzene rings is 3. The Morgan fingerprint density at radius 3 is 2.21 bits per heavy atom. The lowest BCUT2D eigenvalue weighted by Crippen LogP contribution is -2.18. The third-order valence-electron chi connectivity index (χ3n) is 6.62. The van der Waals surface area contributed by atoms with Crippen LogP contribution in [0, 0.1) is 13.8 Å². The Kier molecular flexibility index (Phi) is 6.17. The van der Waals surface area contributed by atoms with Crippen LogP contribution in [0.4, 0.5) is 0 Å². The fourth-order valence-corrected chi connectivity index (χ4v) is 5.82. The van der Waals surface area contributed by atoms with Crippen molar-refractivity contribution in [3.63, 3.8) is 0 Å². The summed E-state index contributed by atoms with van der Waals surface area (Å²) in [4.78, 5) is 12.8. The highest BCUT2D eigenvalue weighted by Crippen LogP contribution is 2.52. The van der Waals surface area contributed by atoms with Gasteiger partial charge in [-0.05, 0) is 64.8 Å². The van der Waals surface area contributed by atoms with E-state index in [2.05, 4.69) is 44.2 Å². The Labute approximate surface area is 204 Å². The first-order valence-electron chi connectivity index (χ1n) is 11.3. The maximum Gasteiger partial charge on any atom is 0.341 e. The maximum atomic E-state index is 12.8. The molecule has 3 radical (unpaired) electrons. The van der Waals surface area contributed by atoms with Gasteiger partial charge in [0.1, 0.15) is 11.5 Å². The smallest absolute Gasteiger partial charge is 0.341 e. The lowest BCUT2D eigenvalue weighted by atomic mass is 9.77. The fraction of sp³-hybridized carbons (Fsp3) is 0.276. The molecule has 1 unspecified atom stereocenters. The molecule has 0 spiro atoms. The summed E-state index contributed by atoms with van der Waals surface area (Å²) in [6, 6.07) is 17.5. The zero-order valence-corrected chi connectivity index (χ0v) is 21.4. The minimum Gasteiger partial charge on any atom is -0.540 e. The zero-order chi connectivity index (χ0) is 24.8.